The minimum Gasteiger partial charge on any atom is -0.693 e. The second-order valence-electron chi connectivity index (χ2n) is 0.335. The quantitative estimate of drug-likeness (QED) is 0.644. The summed E-state index contributed by atoms with van der Waals surface area (Å²) in [6.07, 6.45) is 2.38. The summed E-state index contributed by atoms with van der Waals surface area (Å²) in [6, 6.07) is 0. The van der Waals surface area contributed by atoms with E-state index >= 15 is 0 Å². The molecule has 0 unspecified atom stereocenters. The van der Waals surface area contributed by atoms with Crippen LogP contribution in [0.2, 0.25) is 0 Å². The number of rotatable bonds is 0. The molecule has 1 heterocycles. The average molecular weight is 265 g/mol. The summed E-state index contributed by atoms with van der Waals surface area (Å²) < 4.78 is 0. The fourth-order valence-electron chi connectivity index (χ4n) is 0. The molecule has 6 heavy (non-hydrogen) atoms. The van der Waals surface area contributed by atoms with Crippen molar-refractivity contribution in [3.05, 3.63) is 12.3 Å². The van der Waals surface area contributed by atoms with Crippen LogP contribution in [0, 0.1) is 0 Å². The number of hydrogen-bond donors (Lipinski definition) is 1. The predicted molar refractivity (Wildman–Crippen MR) is 21.1 cm³/mol. The van der Waals surface area contributed by atoms with Gasteiger partial charge in [0.1, 0.15) is 0 Å². The van der Waals surface area contributed by atoms with Gasteiger partial charge in [0.25, 0.3) is 0 Å². The summed E-state index contributed by atoms with van der Waals surface area (Å²) in [6.45, 7) is 0. The molecule has 38 valence electrons. The maximum absolute atomic E-state index is 3.25. The van der Waals surface area contributed by atoms with Crippen LogP contribution in [0.1, 0.15) is 0 Å². The first-order valence-electron chi connectivity index (χ1n) is 0.697. The fourth-order valence-corrected chi connectivity index (χ4v) is 0. The zero-order valence-electron chi connectivity index (χ0n) is 2.94. The molecule has 1 rings (SSSR count). The minimum atomic E-state index is 0. The Labute approximate surface area is 49.9 Å². The van der Waals surface area contributed by atoms with Crippen LogP contribution in [0.5, 0.6) is 0 Å². The number of nitrogens with two attached hydrogens (primary N) is 2. The Hall–Kier alpha value is 0.0394. The molecular formula is CH5IrN4. The Morgan fingerprint density at radius 2 is 1.50 bits per heavy atom. The first-order valence-corrected chi connectivity index (χ1v) is 0.697. The summed E-state index contributed by atoms with van der Waals surface area (Å²) in [7, 11) is 0. The van der Waals surface area contributed by atoms with E-state index in [9.17, 15) is 0 Å². The molecule has 0 atom stereocenters. The van der Waals surface area contributed by atoms with Crippen LogP contribution >= 0.6 is 0 Å². The summed E-state index contributed by atoms with van der Waals surface area (Å²) in [5, 5.41) is 3.25. The number of hydrogen-bond acceptors (Lipinski definition) is 2. The molecule has 4 nitrogen and oxygen atoms in total. The summed E-state index contributed by atoms with van der Waals surface area (Å²) in [5.74, 6) is 0. The van der Waals surface area contributed by atoms with Crippen LogP contribution in [-0.2, 0) is 20.1 Å². The second kappa shape index (κ2) is 8.90. The summed E-state index contributed by atoms with van der Waals surface area (Å²) >= 11 is 0. The minimum absolute atomic E-state index is 0. The molecule has 0 amide bonds. The Bertz CT molecular complexity index is 30.5. The van der Waals surface area contributed by atoms with Crippen molar-refractivity contribution < 1.29 is 20.1 Å². The van der Waals surface area contributed by atoms with Gasteiger partial charge in [0.05, 0.1) is 0 Å². The summed E-state index contributed by atoms with van der Waals surface area (Å²) in [5.41, 5.74) is 2.38. The van der Waals surface area contributed by atoms with E-state index in [4.69, 9.17) is 0 Å². The van der Waals surface area contributed by atoms with Crippen molar-refractivity contribution in [2.24, 2.45) is 5.10 Å². The molecule has 0 aromatic carbocycles. The van der Waals surface area contributed by atoms with Gasteiger partial charge in [-0.05, 0) is 0 Å². The molecule has 0 saturated carbocycles. The van der Waals surface area contributed by atoms with Crippen LogP contribution in [0.3, 0.4) is 0 Å². The fraction of sp³-hybridized carbons (Fsp3) is 0. The van der Waals surface area contributed by atoms with E-state index in [0.29, 0.717) is 0 Å². The molecule has 0 aliphatic carbocycles. The molecule has 0 saturated heterocycles. The zero-order valence-corrected chi connectivity index (χ0v) is 5.33. The third-order valence-corrected chi connectivity index (χ3v) is 0.112. The Balaban J connectivity index is -0.0000000300. The number of nitrogens with zero attached hydrogens (tertiary/aromatic N) is 1. The molecule has 0 spiro atoms. The molecule has 0 aromatic heterocycles. The maximum Gasteiger partial charge on any atom is 3.00 e. The molecule has 0 bridgehead atoms. The van der Waals surface area contributed by atoms with Crippen LogP contribution in [0.4, 0.5) is 0 Å². The average Bonchev–Trinajstić information content (AvgIpc) is 1.46. The molecule has 5 N–H and O–H groups in total. The van der Waals surface area contributed by atoms with Gasteiger partial charge in [-0.1, -0.05) is 0 Å². The molecule has 1 aliphatic heterocycles. The van der Waals surface area contributed by atoms with Gasteiger partial charge in [0.2, 0.25) is 0 Å². The van der Waals surface area contributed by atoms with Crippen LogP contribution in [0.25, 0.3) is 12.3 Å². The maximum atomic E-state index is 3.25. The van der Waals surface area contributed by atoms with Gasteiger partial charge in [0, 0.05) is 0 Å². The van der Waals surface area contributed by atoms with Crippen molar-refractivity contribution in [1.82, 2.24) is 5.43 Å². The Morgan fingerprint density at radius 3 is 1.50 bits per heavy atom. The third-order valence-electron chi connectivity index (χ3n) is 0.112. The van der Waals surface area contributed by atoms with E-state index in [-0.39, 0.29) is 32.4 Å². The monoisotopic (exact) mass is 266 g/mol. The molecule has 0 fully saturated rings. The SMILES string of the molecule is [C-]1=NN1.[Ir+3].[NH2-].[NH2-]. The van der Waals surface area contributed by atoms with E-state index in [1.165, 1.54) is 0 Å². The summed E-state index contributed by atoms with van der Waals surface area (Å²) in [4.78, 5) is 0. The van der Waals surface area contributed by atoms with Crippen molar-refractivity contribution >= 4 is 6.34 Å². The van der Waals surface area contributed by atoms with Crippen molar-refractivity contribution in [1.29, 1.82) is 0 Å². The van der Waals surface area contributed by atoms with Gasteiger partial charge in [0.15, 0.2) is 0 Å². The van der Waals surface area contributed by atoms with Crippen molar-refractivity contribution in [3.8, 4) is 0 Å². The van der Waals surface area contributed by atoms with Gasteiger partial charge in [-0.2, -0.15) is 0 Å². The Kier molecular flexibility index (Phi) is 24.6. The third kappa shape index (κ3) is 34.5. The van der Waals surface area contributed by atoms with E-state index < -0.39 is 0 Å². The molecule has 0 aromatic rings. The number of hydrazone groups is 1. The van der Waals surface area contributed by atoms with Crippen LogP contribution in [0.15, 0.2) is 5.10 Å². The Morgan fingerprint density at radius 1 is 1.33 bits per heavy atom. The van der Waals surface area contributed by atoms with Crippen LogP contribution < -0.4 is 5.43 Å². The van der Waals surface area contributed by atoms with Gasteiger partial charge in [-0.15, -0.1) is 0 Å². The largest absolute Gasteiger partial charge is 3.00 e. The second-order valence-corrected chi connectivity index (χ2v) is 0.335. The van der Waals surface area contributed by atoms with Gasteiger partial charge in [-0.3, -0.25) is 6.34 Å². The van der Waals surface area contributed by atoms with Gasteiger partial charge >= 0.3 is 20.1 Å². The van der Waals surface area contributed by atoms with Crippen molar-refractivity contribution in [2.45, 2.75) is 0 Å². The topological polar surface area (TPSA) is 101 Å². The zero-order chi connectivity index (χ0) is 2.12. The van der Waals surface area contributed by atoms with E-state index in [2.05, 4.69) is 16.9 Å². The van der Waals surface area contributed by atoms with Gasteiger partial charge in [-0.25, -0.2) is 0 Å². The van der Waals surface area contributed by atoms with Crippen LogP contribution in [-0.4, -0.2) is 6.34 Å². The van der Waals surface area contributed by atoms with E-state index in [1.807, 2.05) is 0 Å². The van der Waals surface area contributed by atoms with Crippen molar-refractivity contribution in [2.75, 3.05) is 0 Å². The smallest absolute Gasteiger partial charge is 0.693 e. The first kappa shape index (κ1) is 16.6. The predicted octanol–water partition coefficient (Wildman–Crippen LogP) is 0.842. The molecular weight excluding hydrogens is 260 g/mol. The first-order chi connectivity index (χ1) is 1.50. The van der Waals surface area contributed by atoms with Crippen molar-refractivity contribution in [3.63, 3.8) is 0 Å². The molecule has 5 heteroatoms. The standard InChI is InChI=1S/CHN2.Ir.2H2N/c1-2-3-1;;;/h(H,2,3);;2*1H2/q-1;+3;2*-1. The van der Waals surface area contributed by atoms with E-state index in [1.54, 1.807) is 0 Å². The molecule has 0 radical (unpaired) electrons. The normalized spacial score (nSPS) is 8.00. The molecule has 1 aliphatic rings. The number of nitrogens with one attached hydrogen (secondary N) is 1. The van der Waals surface area contributed by atoms with E-state index in [0.717, 1.165) is 0 Å². The van der Waals surface area contributed by atoms with Gasteiger partial charge < -0.3 is 22.8 Å².